The van der Waals surface area contributed by atoms with Gasteiger partial charge in [-0.1, -0.05) is 20.8 Å². The topological polar surface area (TPSA) is 29.9 Å². The third-order valence-electron chi connectivity index (χ3n) is 2.62. The van der Waals surface area contributed by atoms with Gasteiger partial charge in [-0.15, -0.1) is 0 Å². The molecule has 1 rings (SSSR count). The molecule has 0 aliphatic rings. The third kappa shape index (κ3) is 3.34. The van der Waals surface area contributed by atoms with Crippen molar-refractivity contribution in [2.45, 2.75) is 46.7 Å². The summed E-state index contributed by atoms with van der Waals surface area (Å²) in [7, 11) is 0. The van der Waals surface area contributed by atoms with Gasteiger partial charge in [0.1, 0.15) is 0 Å². The number of hydrogen-bond donors (Lipinski definition) is 1. The minimum Gasteiger partial charge on any atom is -0.310 e. The van der Waals surface area contributed by atoms with Crippen LogP contribution in [0.1, 0.15) is 45.7 Å². The second-order valence-electron chi connectivity index (χ2n) is 4.31. The summed E-state index contributed by atoms with van der Waals surface area (Å²) in [6.07, 6.45) is 5.30. The van der Waals surface area contributed by atoms with Crippen molar-refractivity contribution in [2.75, 3.05) is 6.54 Å². The van der Waals surface area contributed by atoms with E-state index in [1.807, 2.05) is 10.9 Å². The van der Waals surface area contributed by atoms with Crippen LogP contribution < -0.4 is 5.32 Å². The summed E-state index contributed by atoms with van der Waals surface area (Å²) in [6, 6.07) is 0.435. The van der Waals surface area contributed by atoms with Gasteiger partial charge in [-0.2, -0.15) is 5.10 Å². The molecule has 15 heavy (non-hydrogen) atoms. The van der Waals surface area contributed by atoms with Gasteiger partial charge in [-0.3, -0.25) is 4.68 Å². The van der Waals surface area contributed by atoms with Gasteiger partial charge >= 0.3 is 0 Å². The lowest BCUT2D eigenvalue weighted by atomic mass is 9.99. The van der Waals surface area contributed by atoms with E-state index in [4.69, 9.17) is 0 Å². The highest BCUT2D eigenvalue weighted by Crippen LogP contribution is 2.20. The zero-order valence-corrected chi connectivity index (χ0v) is 10.3. The molecule has 1 atom stereocenters. The average Bonchev–Trinajstić information content (AvgIpc) is 2.66. The minimum absolute atomic E-state index is 0.435. The van der Waals surface area contributed by atoms with Crippen molar-refractivity contribution in [1.82, 2.24) is 15.1 Å². The zero-order valence-electron chi connectivity index (χ0n) is 10.3. The van der Waals surface area contributed by atoms with Crippen molar-refractivity contribution in [3.05, 3.63) is 18.0 Å². The van der Waals surface area contributed by atoms with Crippen molar-refractivity contribution >= 4 is 0 Å². The van der Waals surface area contributed by atoms with E-state index in [1.165, 1.54) is 12.0 Å². The quantitative estimate of drug-likeness (QED) is 0.780. The molecule has 0 aliphatic heterocycles. The van der Waals surface area contributed by atoms with E-state index in [-0.39, 0.29) is 0 Å². The van der Waals surface area contributed by atoms with Crippen LogP contribution in [0.4, 0.5) is 0 Å². The van der Waals surface area contributed by atoms with Crippen LogP contribution in [-0.4, -0.2) is 16.3 Å². The number of hydrogen-bond acceptors (Lipinski definition) is 2. The molecule has 1 heterocycles. The van der Waals surface area contributed by atoms with Crippen LogP contribution in [0.2, 0.25) is 0 Å². The highest BCUT2D eigenvalue weighted by atomic mass is 15.3. The molecule has 86 valence electrons. The Kier molecular flexibility index (Phi) is 4.82. The molecular formula is C12H23N3. The average molecular weight is 209 g/mol. The van der Waals surface area contributed by atoms with E-state index in [0.717, 1.165) is 13.1 Å². The van der Waals surface area contributed by atoms with Gasteiger partial charge in [-0.25, -0.2) is 0 Å². The van der Waals surface area contributed by atoms with Gasteiger partial charge in [0.15, 0.2) is 0 Å². The summed E-state index contributed by atoms with van der Waals surface area (Å²) in [5.41, 5.74) is 1.31. The van der Waals surface area contributed by atoms with Gasteiger partial charge in [0, 0.05) is 24.3 Å². The van der Waals surface area contributed by atoms with Gasteiger partial charge < -0.3 is 5.32 Å². The number of rotatable bonds is 6. The predicted octanol–water partition coefficient (Wildman–Crippen LogP) is 2.60. The summed E-state index contributed by atoms with van der Waals surface area (Å²) < 4.78 is 1.98. The Morgan fingerprint density at radius 3 is 2.60 bits per heavy atom. The van der Waals surface area contributed by atoms with Crippen LogP contribution in [0.5, 0.6) is 0 Å². The predicted molar refractivity (Wildman–Crippen MR) is 63.8 cm³/mol. The van der Waals surface area contributed by atoms with E-state index in [9.17, 15) is 0 Å². The third-order valence-corrected chi connectivity index (χ3v) is 2.62. The second kappa shape index (κ2) is 5.91. The number of aryl methyl sites for hydroxylation is 1. The molecular weight excluding hydrogens is 186 g/mol. The van der Waals surface area contributed by atoms with Crippen LogP contribution >= 0.6 is 0 Å². The van der Waals surface area contributed by atoms with Gasteiger partial charge in [0.2, 0.25) is 0 Å². The van der Waals surface area contributed by atoms with E-state index >= 15 is 0 Å². The van der Waals surface area contributed by atoms with E-state index in [0.29, 0.717) is 12.0 Å². The molecule has 0 saturated carbocycles. The van der Waals surface area contributed by atoms with Crippen molar-refractivity contribution < 1.29 is 0 Å². The standard InChI is InChI=1S/C12H23N3/c1-5-7-13-12(10(3)4)11-8-14-15(6-2)9-11/h8-10,12-13H,5-7H2,1-4H3. The van der Waals surface area contributed by atoms with E-state index in [2.05, 4.69) is 44.3 Å². The summed E-state index contributed by atoms with van der Waals surface area (Å²) in [4.78, 5) is 0. The number of nitrogens with one attached hydrogen (secondary N) is 1. The Morgan fingerprint density at radius 2 is 2.13 bits per heavy atom. The summed E-state index contributed by atoms with van der Waals surface area (Å²) >= 11 is 0. The molecule has 1 aromatic heterocycles. The summed E-state index contributed by atoms with van der Waals surface area (Å²) in [6.45, 7) is 10.8. The Bertz CT molecular complexity index is 278. The van der Waals surface area contributed by atoms with Crippen LogP contribution in [0.15, 0.2) is 12.4 Å². The molecule has 0 saturated heterocycles. The normalized spacial score (nSPS) is 13.4. The maximum absolute atomic E-state index is 4.32. The van der Waals surface area contributed by atoms with E-state index in [1.54, 1.807) is 0 Å². The maximum Gasteiger partial charge on any atom is 0.0537 e. The molecule has 0 aromatic carbocycles. The lowest BCUT2D eigenvalue weighted by molar-refractivity contribution is 0.412. The Morgan fingerprint density at radius 1 is 1.40 bits per heavy atom. The van der Waals surface area contributed by atoms with Crippen molar-refractivity contribution in [3.8, 4) is 0 Å². The Balaban J connectivity index is 2.70. The Labute approximate surface area is 92.9 Å². The highest BCUT2D eigenvalue weighted by molar-refractivity contribution is 5.11. The fraction of sp³-hybridized carbons (Fsp3) is 0.750. The number of aromatic nitrogens is 2. The number of nitrogens with zero attached hydrogens (tertiary/aromatic N) is 2. The molecule has 0 fully saturated rings. The minimum atomic E-state index is 0.435. The first-order chi connectivity index (χ1) is 7.19. The highest BCUT2D eigenvalue weighted by Gasteiger charge is 2.16. The van der Waals surface area contributed by atoms with Crippen LogP contribution in [0, 0.1) is 5.92 Å². The van der Waals surface area contributed by atoms with Gasteiger partial charge in [0.25, 0.3) is 0 Å². The molecule has 0 radical (unpaired) electrons. The van der Waals surface area contributed by atoms with Crippen molar-refractivity contribution in [1.29, 1.82) is 0 Å². The van der Waals surface area contributed by atoms with E-state index < -0.39 is 0 Å². The fourth-order valence-corrected chi connectivity index (χ4v) is 1.75. The lowest BCUT2D eigenvalue weighted by Gasteiger charge is -2.20. The van der Waals surface area contributed by atoms with Crippen LogP contribution in [0.25, 0.3) is 0 Å². The SMILES string of the molecule is CCCNC(c1cnn(CC)c1)C(C)C. The van der Waals surface area contributed by atoms with Crippen LogP contribution in [-0.2, 0) is 6.54 Å². The molecule has 0 spiro atoms. The molecule has 3 heteroatoms. The lowest BCUT2D eigenvalue weighted by Crippen LogP contribution is -2.26. The zero-order chi connectivity index (χ0) is 11.3. The molecule has 0 amide bonds. The first kappa shape index (κ1) is 12.2. The molecule has 3 nitrogen and oxygen atoms in total. The first-order valence-electron chi connectivity index (χ1n) is 5.94. The molecule has 1 N–H and O–H groups in total. The molecule has 1 unspecified atom stereocenters. The fourth-order valence-electron chi connectivity index (χ4n) is 1.75. The maximum atomic E-state index is 4.32. The van der Waals surface area contributed by atoms with Gasteiger partial charge in [0.05, 0.1) is 6.20 Å². The first-order valence-corrected chi connectivity index (χ1v) is 5.94. The van der Waals surface area contributed by atoms with Crippen molar-refractivity contribution in [2.24, 2.45) is 5.92 Å². The van der Waals surface area contributed by atoms with Crippen molar-refractivity contribution in [3.63, 3.8) is 0 Å². The molecule has 0 aliphatic carbocycles. The monoisotopic (exact) mass is 209 g/mol. The smallest absolute Gasteiger partial charge is 0.0537 e. The summed E-state index contributed by atoms with van der Waals surface area (Å²) in [5.74, 6) is 0.603. The summed E-state index contributed by atoms with van der Waals surface area (Å²) in [5, 5.41) is 7.89. The van der Waals surface area contributed by atoms with Gasteiger partial charge in [-0.05, 0) is 25.8 Å². The largest absolute Gasteiger partial charge is 0.310 e. The van der Waals surface area contributed by atoms with Crippen LogP contribution in [0.3, 0.4) is 0 Å². The second-order valence-corrected chi connectivity index (χ2v) is 4.31. The Hall–Kier alpha value is -0.830. The molecule has 1 aromatic rings. The molecule has 0 bridgehead atoms.